The summed E-state index contributed by atoms with van der Waals surface area (Å²) in [6.07, 6.45) is 1.74. The Hall–Kier alpha value is -3.64. The molecule has 2 heterocycles. The molecule has 1 saturated carbocycles. The van der Waals surface area contributed by atoms with Gasteiger partial charge in [0.2, 0.25) is 11.8 Å². The largest absolute Gasteiger partial charge is 0.394 e. The maximum atomic E-state index is 12.3. The van der Waals surface area contributed by atoms with Gasteiger partial charge in [0.15, 0.2) is 0 Å². The van der Waals surface area contributed by atoms with Gasteiger partial charge in [-0.15, -0.1) is 0 Å². The second-order valence-electron chi connectivity index (χ2n) is 8.61. The molecule has 6 N–H and O–H groups in total. The third-order valence-corrected chi connectivity index (χ3v) is 7.30. The Labute approximate surface area is 206 Å². The summed E-state index contributed by atoms with van der Waals surface area (Å²) >= 11 is 1.11. The van der Waals surface area contributed by atoms with Crippen LogP contribution in [0.4, 0.5) is 5.82 Å². The number of aliphatic hydroxyl groups excluding tert-OH is 1. The van der Waals surface area contributed by atoms with Crippen molar-refractivity contribution in [3.8, 4) is 12.1 Å². The van der Waals surface area contributed by atoms with Crippen LogP contribution in [-0.4, -0.2) is 53.7 Å². The van der Waals surface area contributed by atoms with Crippen molar-refractivity contribution in [3.63, 3.8) is 0 Å². The molecule has 1 aliphatic carbocycles. The van der Waals surface area contributed by atoms with Crippen LogP contribution in [0.15, 0.2) is 35.4 Å². The normalized spacial score (nSPS) is 17.0. The number of nitrogens with one attached hydrogen (secondary N) is 1. The van der Waals surface area contributed by atoms with Crippen LogP contribution in [0.25, 0.3) is 0 Å². The molecule has 1 aromatic heterocycles. The number of thioether (sulfide) groups is 1. The first-order valence-electron chi connectivity index (χ1n) is 11.2. The van der Waals surface area contributed by atoms with Crippen LogP contribution in [-0.2, 0) is 9.59 Å². The number of aliphatic hydroxyl groups is 1. The molecule has 2 aliphatic rings. The number of rotatable bonds is 9. The summed E-state index contributed by atoms with van der Waals surface area (Å²) in [5.41, 5.74) is 13.3. The smallest absolute Gasteiger partial charge is 0.239 e. The lowest BCUT2D eigenvalue weighted by molar-refractivity contribution is -0.124. The Morgan fingerprint density at radius 2 is 1.86 bits per heavy atom. The Morgan fingerprint density at radius 1 is 1.20 bits per heavy atom. The van der Waals surface area contributed by atoms with Gasteiger partial charge >= 0.3 is 0 Å². The van der Waals surface area contributed by atoms with E-state index in [-0.39, 0.29) is 12.0 Å². The number of carbonyl (C=O) groups excluding carboxylic acids is 2. The summed E-state index contributed by atoms with van der Waals surface area (Å²) in [6, 6.07) is 12.3. The van der Waals surface area contributed by atoms with Crippen LogP contribution in [0.1, 0.15) is 46.3 Å². The predicted octanol–water partition coefficient (Wildman–Crippen LogP) is 0.645. The standard InChI is InChI=1S/C24H25N7O3S/c25-8-16-19(13-6-7-13)17(9-26)24(35-20(21(28)33)14-4-2-1-3-5-14)30-22(16)31-10-15(11-31)29-23(34)18(27)12-32/h1-5,13,15,18,20,32H,6-7,10-12,27H2,(H2,28,33)(H,29,34). The third kappa shape index (κ3) is 5.08. The molecule has 2 amide bonds. The van der Waals surface area contributed by atoms with Crippen molar-refractivity contribution in [1.82, 2.24) is 10.3 Å². The minimum absolute atomic E-state index is 0.0866. The summed E-state index contributed by atoms with van der Waals surface area (Å²) in [6.45, 7) is 0.332. The van der Waals surface area contributed by atoms with Crippen molar-refractivity contribution in [2.45, 2.75) is 41.1 Å². The lowest BCUT2D eigenvalue weighted by Gasteiger charge is -2.41. The molecule has 1 aromatic carbocycles. The molecule has 0 bridgehead atoms. The quantitative estimate of drug-likeness (QED) is 0.366. The van der Waals surface area contributed by atoms with E-state index in [1.807, 2.05) is 23.1 Å². The van der Waals surface area contributed by atoms with Gasteiger partial charge in [-0.05, 0) is 29.9 Å². The average molecular weight is 492 g/mol. The number of aromatic nitrogens is 1. The summed E-state index contributed by atoms with van der Waals surface area (Å²) in [4.78, 5) is 30.8. The number of amides is 2. The van der Waals surface area contributed by atoms with E-state index >= 15 is 0 Å². The van der Waals surface area contributed by atoms with Crippen LogP contribution in [0.2, 0.25) is 0 Å². The molecule has 11 heteroatoms. The van der Waals surface area contributed by atoms with Gasteiger partial charge in [-0.3, -0.25) is 9.59 Å². The van der Waals surface area contributed by atoms with Crippen LogP contribution in [0.3, 0.4) is 0 Å². The number of nitrogens with two attached hydrogens (primary N) is 2. The highest BCUT2D eigenvalue weighted by Gasteiger charge is 2.38. The maximum Gasteiger partial charge on any atom is 0.239 e. The second kappa shape index (κ2) is 10.3. The van der Waals surface area contributed by atoms with Gasteiger partial charge in [0, 0.05) is 13.1 Å². The molecule has 10 nitrogen and oxygen atoms in total. The predicted molar refractivity (Wildman–Crippen MR) is 129 cm³/mol. The van der Waals surface area contributed by atoms with E-state index in [0.717, 1.165) is 24.6 Å². The van der Waals surface area contributed by atoms with Gasteiger partial charge in [0.1, 0.15) is 34.3 Å². The zero-order chi connectivity index (χ0) is 25.1. The molecular weight excluding hydrogens is 466 g/mol. The Bertz CT molecular complexity index is 1210. The zero-order valence-electron chi connectivity index (χ0n) is 18.8. The van der Waals surface area contributed by atoms with Crippen molar-refractivity contribution in [2.24, 2.45) is 11.5 Å². The molecule has 0 radical (unpaired) electrons. The van der Waals surface area contributed by atoms with Crippen molar-refractivity contribution in [3.05, 3.63) is 52.6 Å². The fourth-order valence-corrected chi connectivity index (χ4v) is 5.09. The third-order valence-electron chi connectivity index (χ3n) is 6.04. The van der Waals surface area contributed by atoms with E-state index in [1.54, 1.807) is 12.1 Å². The Morgan fingerprint density at radius 3 is 2.40 bits per heavy atom. The monoisotopic (exact) mass is 491 g/mol. The number of anilines is 1. The summed E-state index contributed by atoms with van der Waals surface area (Å²) in [5.74, 6) is -0.502. The topological polar surface area (TPSA) is 182 Å². The average Bonchev–Trinajstić information content (AvgIpc) is 3.68. The van der Waals surface area contributed by atoms with Crippen LogP contribution in [0, 0.1) is 22.7 Å². The van der Waals surface area contributed by atoms with Crippen molar-refractivity contribution < 1.29 is 14.7 Å². The highest BCUT2D eigenvalue weighted by Crippen LogP contribution is 2.48. The number of benzene rings is 1. The van der Waals surface area contributed by atoms with Gasteiger partial charge in [-0.1, -0.05) is 42.1 Å². The first-order chi connectivity index (χ1) is 16.9. The highest BCUT2D eigenvalue weighted by molar-refractivity contribution is 8.00. The molecule has 1 aliphatic heterocycles. The van der Waals surface area contributed by atoms with Gasteiger partial charge in [0.25, 0.3) is 0 Å². The number of carbonyl (C=O) groups is 2. The minimum Gasteiger partial charge on any atom is -0.394 e. The lowest BCUT2D eigenvalue weighted by atomic mass is 9.98. The summed E-state index contributed by atoms with van der Waals surface area (Å²) < 4.78 is 0. The molecule has 2 unspecified atom stereocenters. The van der Waals surface area contributed by atoms with Gasteiger partial charge in [0.05, 0.1) is 23.8 Å². The van der Waals surface area contributed by atoms with E-state index in [2.05, 4.69) is 22.4 Å². The van der Waals surface area contributed by atoms with Gasteiger partial charge in [-0.25, -0.2) is 4.98 Å². The molecule has 1 saturated heterocycles. The number of pyridine rings is 1. The zero-order valence-corrected chi connectivity index (χ0v) is 19.7. The molecule has 4 rings (SSSR count). The number of hydrogen-bond donors (Lipinski definition) is 4. The van der Waals surface area contributed by atoms with Gasteiger partial charge < -0.3 is 26.8 Å². The SMILES string of the molecule is N#Cc1c(SC(C(N)=O)c2ccccc2)nc(N2CC(NC(=O)C(N)CO)C2)c(C#N)c1C1CC1. The van der Waals surface area contributed by atoms with Crippen molar-refractivity contribution >= 4 is 29.4 Å². The number of nitriles is 2. The molecule has 2 fully saturated rings. The molecule has 180 valence electrons. The molecule has 35 heavy (non-hydrogen) atoms. The lowest BCUT2D eigenvalue weighted by Crippen LogP contribution is -2.62. The molecule has 2 atom stereocenters. The highest BCUT2D eigenvalue weighted by atomic mass is 32.2. The van der Waals surface area contributed by atoms with Crippen LogP contribution in [0.5, 0.6) is 0 Å². The van der Waals surface area contributed by atoms with Gasteiger partial charge in [-0.2, -0.15) is 10.5 Å². The second-order valence-corrected chi connectivity index (χ2v) is 9.71. The summed E-state index contributed by atoms with van der Waals surface area (Å²) in [5, 5.41) is 31.4. The fourth-order valence-electron chi connectivity index (χ4n) is 4.05. The van der Waals surface area contributed by atoms with E-state index in [4.69, 9.17) is 16.6 Å². The number of nitrogens with zero attached hydrogens (tertiary/aromatic N) is 4. The minimum atomic E-state index is -1.00. The van der Waals surface area contributed by atoms with E-state index < -0.39 is 29.7 Å². The van der Waals surface area contributed by atoms with E-state index in [9.17, 15) is 20.1 Å². The Balaban J connectivity index is 1.68. The maximum absolute atomic E-state index is 12.3. The molecular formula is C24H25N7O3S. The van der Waals surface area contributed by atoms with Crippen molar-refractivity contribution in [2.75, 3.05) is 24.6 Å². The molecule has 2 aromatic rings. The molecule has 0 spiro atoms. The number of hydrogen-bond acceptors (Lipinski definition) is 9. The van der Waals surface area contributed by atoms with E-state index in [1.165, 1.54) is 0 Å². The van der Waals surface area contributed by atoms with E-state index in [0.29, 0.717) is 46.2 Å². The first-order valence-corrected chi connectivity index (χ1v) is 12.1. The van der Waals surface area contributed by atoms with Crippen LogP contribution >= 0.6 is 11.8 Å². The fraction of sp³-hybridized carbons (Fsp3) is 0.375. The van der Waals surface area contributed by atoms with Crippen molar-refractivity contribution in [1.29, 1.82) is 10.5 Å². The Kier molecular flexibility index (Phi) is 7.22. The number of primary amides is 1. The first kappa shape index (κ1) is 24.5. The van der Waals surface area contributed by atoms with Crippen LogP contribution < -0.4 is 21.7 Å². The summed E-state index contributed by atoms with van der Waals surface area (Å²) in [7, 11) is 0.